The minimum absolute atomic E-state index is 0.571. The van der Waals surface area contributed by atoms with Crippen LogP contribution < -0.4 is 5.73 Å². The number of hydrogen-bond acceptors (Lipinski definition) is 3. The van der Waals surface area contributed by atoms with Crippen molar-refractivity contribution in [2.75, 3.05) is 5.73 Å². The number of fused-ring (bicyclic) bond motifs is 1. The molecule has 1 aromatic heterocycles. The first-order chi connectivity index (χ1) is 9.58. The Bertz CT molecular complexity index is 793. The number of halogens is 1. The Morgan fingerprint density at radius 3 is 2.75 bits per heavy atom. The highest BCUT2D eigenvalue weighted by atomic mass is 35.5. The standard InChI is InChI=1S/C16H15ClN2O/c1-3-10-6-12(18)8-14-15(10)20-16(19-14)11-5-4-9(2)13(17)7-11/h4-8H,3,18H2,1-2H3. The zero-order valence-corrected chi connectivity index (χ0v) is 12.2. The van der Waals surface area contributed by atoms with Gasteiger partial charge in [0.05, 0.1) is 0 Å². The second-order valence-electron chi connectivity index (χ2n) is 4.86. The number of anilines is 1. The Balaban J connectivity index is 2.19. The number of hydrogen-bond donors (Lipinski definition) is 1. The molecule has 4 heteroatoms. The van der Waals surface area contributed by atoms with Crippen molar-refractivity contribution in [3.8, 4) is 11.5 Å². The quantitative estimate of drug-likeness (QED) is 0.700. The molecule has 3 nitrogen and oxygen atoms in total. The zero-order valence-electron chi connectivity index (χ0n) is 11.4. The molecule has 0 fully saturated rings. The first-order valence-corrected chi connectivity index (χ1v) is 6.91. The molecular formula is C16H15ClN2O. The number of nitrogens with zero attached hydrogens (tertiary/aromatic N) is 1. The Hall–Kier alpha value is -2.00. The predicted octanol–water partition coefficient (Wildman–Crippen LogP) is 4.60. The van der Waals surface area contributed by atoms with E-state index >= 15 is 0 Å². The van der Waals surface area contributed by atoms with Gasteiger partial charge < -0.3 is 10.2 Å². The Morgan fingerprint density at radius 1 is 1.25 bits per heavy atom. The lowest BCUT2D eigenvalue weighted by atomic mass is 10.1. The normalized spacial score (nSPS) is 11.2. The summed E-state index contributed by atoms with van der Waals surface area (Å²) < 4.78 is 5.90. The van der Waals surface area contributed by atoms with Gasteiger partial charge in [-0.1, -0.05) is 24.6 Å². The fourth-order valence-corrected chi connectivity index (χ4v) is 2.42. The van der Waals surface area contributed by atoms with Gasteiger partial charge in [0.15, 0.2) is 5.58 Å². The molecule has 0 radical (unpaired) electrons. The third kappa shape index (κ3) is 2.14. The molecule has 0 saturated carbocycles. The molecule has 0 bridgehead atoms. The summed E-state index contributed by atoms with van der Waals surface area (Å²) in [5, 5.41) is 0.708. The monoisotopic (exact) mass is 286 g/mol. The Labute approximate surface area is 122 Å². The third-order valence-corrected chi connectivity index (χ3v) is 3.80. The number of benzene rings is 2. The number of nitrogens with two attached hydrogens (primary N) is 1. The van der Waals surface area contributed by atoms with Gasteiger partial charge in [0, 0.05) is 16.3 Å². The van der Waals surface area contributed by atoms with E-state index in [2.05, 4.69) is 11.9 Å². The maximum absolute atomic E-state index is 6.16. The highest BCUT2D eigenvalue weighted by Crippen LogP contribution is 2.30. The van der Waals surface area contributed by atoms with E-state index in [1.807, 2.05) is 37.3 Å². The molecule has 0 spiro atoms. The topological polar surface area (TPSA) is 52.0 Å². The summed E-state index contributed by atoms with van der Waals surface area (Å²) in [6.45, 7) is 4.03. The first kappa shape index (κ1) is 13.0. The average molecular weight is 287 g/mol. The van der Waals surface area contributed by atoms with Gasteiger partial charge in [0.2, 0.25) is 5.89 Å². The van der Waals surface area contributed by atoms with E-state index in [-0.39, 0.29) is 0 Å². The van der Waals surface area contributed by atoms with Crippen molar-refractivity contribution in [2.24, 2.45) is 0 Å². The summed E-state index contributed by atoms with van der Waals surface area (Å²) in [6, 6.07) is 9.55. The second-order valence-corrected chi connectivity index (χ2v) is 5.27. The first-order valence-electron chi connectivity index (χ1n) is 6.54. The van der Waals surface area contributed by atoms with Crippen LogP contribution in [-0.4, -0.2) is 4.98 Å². The summed E-state index contributed by atoms with van der Waals surface area (Å²) >= 11 is 6.16. The van der Waals surface area contributed by atoms with Crippen LogP contribution in [0.15, 0.2) is 34.7 Å². The lowest BCUT2D eigenvalue weighted by Gasteiger charge is -2.00. The fraction of sp³-hybridized carbons (Fsp3) is 0.188. The van der Waals surface area contributed by atoms with Gasteiger partial charge in [-0.25, -0.2) is 4.98 Å². The van der Waals surface area contributed by atoms with Crippen LogP contribution in [0.4, 0.5) is 5.69 Å². The van der Waals surface area contributed by atoms with Crippen molar-refractivity contribution in [3.05, 3.63) is 46.5 Å². The molecule has 2 aromatic carbocycles. The fourth-order valence-electron chi connectivity index (χ4n) is 2.24. The SMILES string of the molecule is CCc1cc(N)cc2nc(-c3ccc(C)c(Cl)c3)oc12. The maximum Gasteiger partial charge on any atom is 0.227 e. The Morgan fingerprint density at radius 2 is 2.05 bits per heavy atom. The van der Waals surface area contributed by atoms with Crippen LogP contribution in [-0.2, 0) is 6.42 Å². The predicted molar refractivity (Wildman–Crippen MR) is 83.0 cm³/mol. The molecule has 3 aromatic rings. The molecule has 0 amide bonds. The lowest BCUT2D eigenvalue weighted by molar-refractivity contribution is 0.615. The molecule has 102 valence electrons. The van der Waals surface area contributed by atoms with Gasteiger partial charge in [-0.15, -0.1) is 0 Å². The smallest absolute Gasteiger partial charge is 0.227 e. The van der Waals surface area contributed by atoms with Gasteiger partial charge in [-0.3, -0.25) is 0 Å². The minimum atomic E-state index is 0.571. The average Bonchev–Trinajstić information content (AvgIpc) is 2.84. The highest BCUT2D eigenvalue weighted by Gasteiger charge is 2.12. The van der Waals surface area contributed by atoms with Gasteiger partial charge in [-0.2, -0.15) is 0 Å². The molecule has 0 aliphatic heterocycles. The lowest BCUT2D eigenvalue weighted by Crippen LogP contribution is -1.88. The number of rotatable bonds is 2. The molecule has 3 rings (SSSR count). The van der Waals surface area contributed by atoms with Crippen LogP contribution in [0.2, 0.25) is 5.02 Å². The molecule has 0 atom stereocenters. The van der Waals surface area contributed by atoms with Gasteiger partial charge in [0.1, 0.15) is 5.52 Å². The van der Waals surface area contributed by atoms with Crippen LogP contribution in [0.25, 0.3) is 22.6 Å². The zero-order chi connectivity index (χ0) is 14.3. The number of aryl methyl sites for hydroxylation is 2. The van der Waals surface area contributed by atoms with E-state index in [0.29, 0.717) is 16.6 Å². The summed E-state index contributed by atoms with van der Waals surface area (Å²) in [5.74, 6) is 0.571. The van der Waals surface area contributed by atoms with Crippen molar-refractivity contribution >= 4 is 28.4 Å². The van der Waals surface area contributed by atoms with Crippen molar-refractivity contribution in [1.29, 1.82) is 0 Å². The van der Waals surface area contributed by atoms with Crippen molar-refractivity contribution in [2.45, 2.75) is 20.3 Å². The number of oxazole rings is 1. The van der Waals surface area contributed by atoms with Crippen LogP contribution in [0.5, 0.6) is 0 Å². The molecule has 20 heavy (non-hydrogen) atoms. The summed E-state index contributed by atoms with van der Waals surface area (Å²) in [7, 11) is 0. The van der Waals surface area contributed by atoms with E-state index in [4.69, 9.17) is 21.8 Å². The largest absolute Gasteiger partial charge is 0.436 e. The van der Waals surface area contributed by atoms with E-state index in [9.17, 15) is 0 Å². The Kier molecular flexibility index (Phi) is 3.14. The van der Waals surface area contributed by atoms with Gasteiger partial charge in [-0.05, 0) is 48.7 Å². The van der Waals surface area contributed by atoms with Crippen molar-refractivity contribution in [1.82, 2.24) is 4.98 Å². The van der Waals surface area contributed by atoms with E-state index in [1.54, 1.807) is 0 Å². The maximum atomic E-state index is 6.16. The van der Waals surface area contributed by atoms with Gasteiger partial charge >= 0.3 is 0 Å². The van der Waals surface area contributed by atoms with Crippen LogP contribution in [0.1, 0.15) is 18.1 Å². The van der Waals surface area contributed by atoms with Crippen LogP contribution in [0, 0.1) is 6.92 Å². The molecule has 0 aliphatic carbocycles. The molecule has 0 aliphatic rings. The summed E-state index contributed by atoms with van der Waals surface area (Å²) in [6.07, 6.45) is 0.852. The van der Waals surface area contributed by atoms with Gasteiger partial charge in [0.25, 0.3) is 0 Å². The molecule has 2 N–H and O–H groups in total. The van der Waals surface area contributed by atoms with Crippen LogP contribution in [0.3, 0.4) is 0 Å². The second kappa shape index (κ2) is 4.84. The number of aromatic nitrogens is 1. The highest BCUT2D eigenvalue weighted by molar-refractivity contribution is 6.31. The van der Waals surface area contributed by atoms with E-state index < -0.39 is 0 Å². The molecule has 0 saturated heterocycles. The van der Waals surface area contributed by atoms with Crippen molar-refractivity contribution < 1.29 is 4.42 Å². The third-order valence-electron chi connectivity index (χ3n) is 3.39. The summed E-state index contributed by atoms with van der Waals surface area (Å²) in [4.78, 5) is 4.52. The van der Waals surface area contributed by atoms with Crippen molar-refractivity contribution in [3.63, 3.8) is 0 Å². The van der Waals surface area contributed by atoms with Crippen LogP contribution >= 0.6 is 11.6 Å². The molecule has 0 unspecified atom stereocenters. The molecular weight excluding hydrogens is 272 g/mol. The van der Waals surface area contributed by atoms with E-state index in [0.717, 1.165) is 34.2 Å². The molecule has 1 heterocycles. The minimum Gasteiger partial charge on any atom is -0.436 e. The number of nitrogen functional groups attached to an aromatic ring is 1. The van der Waals surface area contributed by atoms with E-state index in [1.165, 1.54) is 0 Å². The summed E-state index contributed by atoms with van der Waals surface area (Å²) in [5.41, 5.74) is 11.2.